The van der Waals surface area contributed by atoms with Crippen molar-refractivity contribution < 1.29 is 4.39 Å². The van der Waals surface area contributed by atoms with Crippen LogP contribution >= 0.6 is 0 Å². The number of halogens is 1. The third-order valence-electron chi connectivity index (χ3n) is 11.4. The molecule has 4 unspecified atom stereocenters. The number of nitrogens with one attached hydrogen (secondary N) is 1. The van der Waals surface area contributed by atoms with Crippen LogP contribution in [0, 0.1) is 17.8 Å². The van der Waals surface area contributed by atoms with Gasteiger partial charge in [-0.15, -0.1) is 0 Å². The van der Waals surface area contributed by atoms with E-state index in [1.54, 1.807) is 12.2 Å². The normalized spacial score (nSPS) is 29.2. The Balaban J connectivity index is 1.07. The van der Waals surface area contributed by atoms with Crippen molar-refractivity contribution in [2.45, 2.75) is 96.6 Å². The minimum absolute atomic E-state index is 0.115. The van der Waals surface area contributed by atoms with E-state index in [2.05, 4.69) is 114 Å². The topological polar surface area (TPSA) is 20.2 Å². The van der Waals surface area contributed by atoms with Crippen molar-refractivity contribution in [3.05, 3.63) is 142 Å². The summed E-state index contributed by atoms with van der Waals surface area (Å²) in [5.74, 6) is 0.945. The lowest BCUT2D eigenvalue weighted by molar-refractivity contribution is 0.435. The van der Waals surface area contributed by atoms with Gasteiger partial charge in [-0.05, 0) is 113 Å². The number of hydrogen-bond acceptors (Lipinski definition) is 2. The minimum Gasteiger partial charge on any atom is -0.382 e. The standard InChI is InChI=1S/C44H50FN3/c1-30-9-8-12-38(27-30)47(37-22-17-33(18-23-37)32-15-20-36(21-16-32)46-35-10-4-3-5-11-35)39-24-26-44-41(29-39)40-13-6-7-14-43(40)48(44)42-25-19-34(45)28-31(42)2/h6,8-10,12-13,15-17,19-20,22-23,25,28-31,33,36,42,46H,3-5,7,11,14,18,21,24,26-27H2,1-2H3/t30?,31?,33-,36?,42?/m0/s1. The van der Waals surface area contributed by atoms with Crippen LogP contribution in [0.15, 0.2) is 119 Å². The van der Waals surface area contributed by atoms with Crippen LogP contribution in [0.1, 0.15) is 100 Å². The second kappa shape index (κ2) is 13.5. The molecular weight excluding hydrogens is 590 g/mol. The smallest absolute Gasteiger partial charge is 0.119 e. The van der Waals surface area contributed by atoms with E-state index < -0.39 is 0 Å². The fourth-order valence-electron chi connectivity index (χ4n) is 8.88. The first kappa shape index (κ1) is 31.2. The second-order valence-electron chi connectivity index (χ2n) is 14.8. The number of nitrogens with zero attached hydrogens (tertiary/aromatic N) is 2. The first-order valence-electron chi connectivity index (χ1n) is 18.6. The van der Waals surface area contributed by atoms with Gasteiger partial charge in [0.05, 0.1) is 6.04 Å². The lowest BCUT2D eigenvalue weighted by atomic mass is 9.86. The molecule has 0 aliphatic heterocycles. The predicted molar refractivity (Wildman–Crippen MR) is 198 cm³/mol. The van der Waals surface area contributed by atoms with Crippen molar-refractivity contribution in [2.24, 2.45) is 17.8 Å². The van der Waals surface area contributed by atoms with E-state index in [-0.39, 0.29) is 17.8 Å². The molecule has 0 bridgehead atoms. The Bertz CT molecular complexity index is 1790. The largest absolute Gasteiger partial charge is 0.382 e. The van der Waals surface area contributed by atoms with Gasteiger partial charge in [-0.3, -0.25) is 0 Å². The fraction of sp³-hybridized carbons (Fsp3) is 0.409. The molecular formula is C44H50FN3. The Morgan fingerprint density at radius 3 is 2.50 bits per heavy atom. The van der Waals surface area contributed by atoms with Gasteiger partial charge in [0, 0.05) is 63.2 Å². The average Bonchev–Trinajstić information content (AvgIpc) is 3.43. The summed E-state index contributed by atoms with van der Waals surface area (Å²) in [7, 11) is 0. The van der Waals surface area contributed by atoms with Gasteiger partial charge >= 0.3 is 0 Å². The van der Waals surface area contributed by atoms with Gasteiger partial charge in [0.2, 0.25) is 0 Å². The van der Waals surface area contributed by atoms with Crippen LogP contribution in [0.4, 0.5) is 4.39 Å². The zero-order valence-corrected chi connectivity index (χ0v) is 28.7. The van der Waals surface area contributed by atoms with E-state index in [9.17, 15) is 4.39 Å². The molecule has 248 valence electrons. The summed E-state index contributed by atoms with van der Waals surface area (Å²) in [5, 5.41) is 3.78. The molecule has 1 aromatic heterocycles. The molecule has 0 amide bonds. The molecule has 7 aliphatic carbocycles. The molecule has 0 spiro atoms. The van der Waals surface area contributed by atoms with Crippen molar-refractivity contribution in [1.82, 2.24) is 14.8 Å². The van der Waals surface area contributed by atoms with Crippen molar-refractivity contribution in [3.8, 4) is 0 Å². The monoisotopic (exact) mass is 639 g/mol. The lowest BCUT2D eigenvalue weighted by Gasteiger charge is -2.36. The molecule has 0 fully saturated rings. The van der Waals surface area contributed by atoms with Gasteiger partial charge < -0.3 is 14.8 Å². The number of fused-ring (bicyclic) bond motifs is 3. The SMILES string of the molecule is CC1C=CC=C(N(C2=CC[C@@H](C3=CCC(NC4=CCCCC4)C=C3)C=C2)C2=Cc3c4c(n(C5C=CC(F)=CC5C)c3CC2)CCC=C4)C1. The average molecular weight is 640 g/mol. The van der Waals surface area contributed by atoms with E-state index >= 15 is 0 Å². The molecule has 3 nitrogen and oxygen atoms in total. The first-order valence-corrected chi connectivity index (χ1v) is 18.6. The minimum atomic E-state index is -0.115. The number of aromatic nitrogens is 1. The Kier molecular flexibility index (Phi) is 8.75. The zero-order valence-electron chi connectivity index (χ0n) is 28.7. The van der Waals surface area contributed by atoms with Crippen molar-refractivity contribution in [1.29, 1.82) is 0 Å². The molecule has 7 aliphatic rings. The molecule has 8 rings (SSSR count). The predicted octanol–water partition coefficient (Wildman–Crippen LogP) is 10.9. The quantitative estimate of drug-likeness (QED) is 0.320. The maximum absolute atomic E-state index is 14.2. The molecule has 4 heteroatoms. The maximum Gasteiger partial charge on any atom is 0.119 e. The summed E-state index contributed by atoms with van der Waals surface area (Å²) < 4.78 is 16.8. The summed E-state index contributed by atoms with van der Waals surface area (Å²) in [6.45, 7) is 4.47. The summed E-state index contributed by atoms with van der Waals surface area (Å²) >= 11 is 0. The highest BCUT2D eigenvalue weighted by Crippen LogP contribution is 2.43. The Morgan fingerprint density at radius 2 is 1.73 bits per heavy atom. The van der Waals surface area contributed by atoms with Gasteiger partial charge in [-0.25, -0.2) is 4.39 Å². The zero-order chi connectivity index (χ0) is 32.6. The van der Waals surface area contributed by atoms with Gasteiger partial charge in [0.25, 0.3) is 0 Å². The lowest BCUT2D eigenvalue weighted by Crippen LogP contribution is -2.28. The van der Waals surface area contributed by atoms with Crippen molar-refractivity contribution in [3.63, 3.8) is 0 Å². The molecule has 5 atom stereocenters. The van der Waals surface area contributed by atoms with E-state index in [0.29, 0.717) is 17.9 Å². The second-order valence-corrected chi connectivity index (χ2v) is 14.8. The van der Waals surface area contributed by atoms with Gasteiger partial charge in [0.15, 0.2) is 0 Å². The molecule has 0 saturated carbocycles. The third kappa shape index (κ3) is 6.15. The Morgan fingerprint density at radius 1 is 0.812 bits per heavy atom. The molecule has 48 heavy (non-hydrogen) atoms. The van der Waals surface area contributed by atoms with Crippen molar-refractivity contribution >= 4 is 12.2 Å². The highest BCUT2D eigenvalue weighted by atomic mass is 19.1. The van der Waals surface area contributed by atoms with E-state index in [1.165, 1.54) is 76.6 Å². The molecule has 1 aromatic rings. The number of allylic oxidation sites excluding steroid dienone is 17. The molecule has 0 radical (unpaired) electrons. The number of rotatable bonds is 7. The fourth-order valence-corrected chi connectivity index (χ4v) is 8.88. The molecule has 1 heterocycles. The van der Waals surface area contributed by atoms with E-state index in [0.717, 1.165) is 44.9 Å². The molecule has 0 aromatic carbocycles. The molecule has 0 saturated heterocycles. The molecule has 1 N–H and O–H groups in total. The Hall–Kier alpha value is -4.05. The maximum atomic E-state index is 14.2. The van der Waals surface area contributed by atoms with E-state index in [1.807, 2.05) is 0 Å². The van der Waals surface area contributed by atoms with Crippen LogP contribution in [0.3, 0.4) is 0 Å². The summed E-state index contributed by atoms with van der Waals surface area (Å²) in [6, 6.07) is 0.570. The van der Waals surface area contributed by atoms with Crippen LogP contribution in [0.5, 0.6) is 0 Å². The summed E-state index contributed by atoms with van der Waals surface area (Å²) in [5.41, 5.74) is 12.5. The van der Waals surface area contributed by atoms with Gasteiger partial charge in [0.1, 0.15) is 5.83 Å². The summed E-state index contributed by atoms with van der Waals surface area (Å²) in [6.07, 6.45) is 48.7. The highest BCUT2D eigenvalue weighted by Gasteiger charge is 2.32. The van der Waals surface area contributed by atoms with Gasteiger partial charge in [-0.2, -0.15) is 0 Å². The third-order valence-corrected chi connectivity index (χ3v) is 11.4. The Labute approximate surface area is 286 Å². The van der Waals surface area contributed by atoms with Crippen LogP contribution in [0.25, 0.3) is 12.2 Å². The van der Waals surface area contributed by atoms with Crippen LogP contribution in [-0.4, -0.2) is 15.5 Å². The van der Waals surface area contributed by atoms with E-state index in [4.69, 9.17) is 0 Å². The van der Waals surface area contributed by atoms with Crippen molar-refractivity contribution in [2.75, 3.05) is 0 Å². The highest BCUT2D eigenvalue weighted by molar-refractivity contribution is 5.74. The van der Waals surface area contributed by atoms with Crippen LogP contribution in [0.2, 0.25) is 0 Å². The van der Waals surface area contributed by atoms with Crippen LogP contribution in [-0.2, 0) is 12.8 Å². The summed E-state index contributed by atoms with van der Waals surface area (Å²) in [4.78, 5) is 2.58. The van der Waals surface area contributed by atoms with Crippen LogP contribution < -0.4 is 5.32 Å². The van der Waals surface area contributed by atoms with Gasteiger partial charge in [-0.1, -0.05) is 80.7 Å². The number of hydrogen-bond donors (Lipinski definition) is 1. The first-order chi connectivity index (χ1) is 23.5.